The molecule has 0 bridgehead atoms. The molecular weight excluding hydrogens is 602 g/mol. The molecule has 0 saturated carbocycles. The molecule has 0 aliphatic carbocycles. The number of hydrogen-bond donors (Lipinski definition) is 0. The van der Waals surface area contributed by atoms with Crippen LogP contribution >= 0.6 is 34.1 Å². The smallest absolute Gasteiger partial charge is 0.114 e. The van der Waals surface area contributed by atoms with E-state index < -0.39 is 0 Å². The van der Waals surface area contributed by atoms with E-state index in [1.165, 1.54) is 21.5 Å². The summed E-state index contributed by atoms with van der Waals surface area (Å²) in [4.78, 5) is 2.36. The molecule has 0 N–H and O–H groups in total. The van der Waals surface area contributed by atoms with E-state index in [-0.39, 0.29) is 92.4 Å². The maximum Gasteiger partial charge on any atom is 0.114 e. The number of aromatic nitrogens is 2. The largest absolute Gasteiger partial charge is 0.172 e. The minimum atomic E-state index is 0. The summed E-state index contributed by atoms with van der Waals surface area (Å²) in [5.41, 5.74) is 1.96. The van der Waals surface area contributed by atoms with Gasteiger partial charge in [0.05, 0.1) is 11.7 Å². The summed E-state index contributed by atoms with van der Waals surface area (Å²) in [6.07, 6.45) is 8.01. The Morgan fingerprint density at radius 3 is 1.30 bits per heavy atom. The summed E-state index contributed by atoms with van der Waals surface area (Å²) in [7, 11) is 0. The van der Waals surface area contributed by atoms with Crippen molar-refractivity contribution >= 4 is 103 Å². The molecule has 140 valence electrons. The number of nitrogens with zero attached hydrogens (tertiary/aromatic N) is 2. The summed E-state index contributed by atoms with van der Waals surface area (Å²) in [6.45, 7) is 0. The number of fused-ring (bicyclic) bond motifs is 1. The fourth-order valence-electron chi connectivity index (χ4n) is 2.04. The second-order valence-corrected chi connectivity index (χ2v) is 6.24. The maximum atomic E-state index is 4.46. The van der Waals surface area contributed by atoms with E-state index in [0.29, 0.717) is 0 Å². The van der Waals surface area contributed by atoms with E-state index in [2.05, 4.69) is 43.4 Å². The van der Waals surface area contributed by atoms with Gasteiger partial charge in [0, 0.05) is 68.1 Å². The van der Waals surface area contributed by atoms with E-state index in [1.807, 2.05) is 12.2 Å². The van der Waals surface area contributed by atoms with Crippen molar-refractivity contribution in [2.24, 2.45) is 0 Å². The van der Waals surface area contributed by atoms with Gasteiger partial charge in [-0.1, -0.05) is 89.4 Å². The SMILES string of the molecule is C1#S/C(=c2/cc/c(=C3\C=CC#S3)c3nsnc23)C=C1.[CH3].[CH3].[CH3].[CH3].[CH3].[CH3].[Sn].[Sn]. The third-order valence-electron chi connectivity index (χ3n) is 2.89. The number of rotatable bonds is 0. The molecule has 14 radical (unpaired) electrons. The van der Waals surface area contributed by atoms with Crippen LogP contribution in [0, 0.1) is 54.9 Å². The van der Waals surface area contributed by atoms with Crippen molar-refractivity contribution in [2.45, 2.75) is 0 Å². The van der Waals surface area contributed by atoms with E-state index in [9.17, 15) is 0 Å². The Morgan fingerprint density at radius 2 is 1.00 bits per heavy atom. The Balaban J connectivity index is -0.000000202. The molecule has 3 heterocycles. The summed E-state index contributed by atoms with van der Waals surface area (Å²) >= 11 is 4.48. The standard InChI is InChI=1S/C14H6N2S3.6CH3.2Sn/c1-3-11(17-7-1)9-5-6-10(12-4-2-8-18-12)14-13(9)15-19-16-14;;;;;;;;/h1-6H;6*1H3;;/b11-9-,12-10-;;;;;;;;. The van der Waals surface area contributed by atoms with Crippen LogP contribution in [0.3, 0.4) is 0 Å². The van der Waals surface area contributed by atoms with Gasteiger partial charge in [0.25, 0.3) is 0 Å². The predicted molar refractivity (Wildman–Crippen MR) is 135 cm³/mol. The Bertz CT molecular complexity index is 948. The number of hydrogen-bond acceptors (Lipinski definition) is 3. The van der Waals surface area contributed by atoms with Crippen molar-refractivity contribution in [1.29, 1.82) is 0 Å². The zero-order chi connectivity index (χ0) is 12.7. The molecule has 0 atom stereocenters. The fraction of sp³-hybridized carbons (Fsp3) is 0. The van der Waals surface area contributed by atoms with Gasteiger partial charge in [0.1, 0.15) is 11.0 Å². The molecule has 1 aromatic carbocycles. The average Bonchev–Trinajstić information content (AvgIpc) is 3.19. The fourth-order valence-corrected chi connectivity index (χ4v) is 3.96. The third kappa shape index (κ3) is 7.31. The molecule has 1 aromatic heterocycles. The van der Waals surface area contributed by atoms with Gasteiger partial charge in [-0.15, -0.1) is 0 Å². The molecule has 2 aromatic rings. The van der Waals surface area contributed by atoms with Crippen LogP contribution in [0.25, 0.3) is 20.8 Å². The predicted octanol–water partition coefficient (Wildman–Crippen LogP) is 4.37. The zero-order valence-corrected chi connectivity index (χ0v) is 24.7. The molecule has 0 spiro atoms. The molecule has 2 aliphatic rings. The van der Waals surface area contributed by atoms with Crippen LogP contribution in [0.5, 0.6) is 0 Å². The minimum absolute atomic E-state index is 0. The van der Waals surface area contributed by atoms with Crippen molar-refractivity contribution in [2.75, 3.05) is 0 Å². The van der Waals surface area contributed by atoms with Crippen molar-refractivity contribution in [1.82, 2.24) is 8.75 Å². The topological polar surface area (TPSA) is 25.8 Å². The monoisotopic (exact) mass is 628 g/mol. The first-order chi connectivity index (χ1) is 9.43. The molecule has 7 heteroatoms. The van der Waals surface area contributed by atoms with Crippen LogP contribution in [-0.2, 0) is 0 Å². The Hall–Kier alpha value is -0.143. The van der Waals surface area contributed by atoms with Gasteiger partial charge in [0.15, 0.2) is 0 Å². The summed E-state index contributed by atoms with van der Waals surface area (Å²) < 4.78 is 8.93. The van der Waals surface area contributed by atoms with Crippen LogP contribution in [0.4, 0.5) is 0 Å². The first-order valence-corrected chi connectivity index (χ1v) is 7.97. The maximum absolute atomic E-state index is 4.46. The van der Waals surface area contributed by atoms with Gasteiger partial charge in [-0.2, -0.15) is 8.75 Å². The van der Waals surface area contributed by atoms with Crippen LogP contribution in [0.1, 0.15) is 0 Å². The molecule has 27 heavy (non-hydrogen) atoms. The first kappa shape index (κ1) is 37.6. The van der Waals surface area contributed by atoms with Gasteiger partial charge >= 0.3 is 0 Å². The zero-order valence-electron chi connectivity index (χ0n) is 16.6. The summed E-state index contributed by atoms with van der Waals surface area (Å²) in [5.74, 6) is 0. The second-order valence-electron chi connectivity index (χ2n) is 3.96. The van der Waals surface area contributed by atoms with Crippen LogP contribution in [-0.4, -0.2) is 56.6 Å². The van der Waals surface area contributed by atoms with Crippen molar-refractivity contribution in [3.8, 4) is 10.4 Å². The Kier molecular flexibility index (Phi) is 23.4. The third-order valence-corrected chi connectivity index (χ3v) is 5.08. The average molecular weight is 626 g/mol. The summed E-state index contributed by atoms with van der Waals surface area (Å²) in [5, 5.41) is 8.52. The molecule has 0 amide bonds. The minimum Gasteiger partial charge on any atom is -0.172 e. The number of allylic oxidation sites excluding steroid dienone is 2. The van der Waals surface area contributed by atoms with E-state index in [0.717, 1.165) is 21.5 Å². The molecule has 0 saturated heterocycles. The van der Waals surface area contributed by atoms with Gasteiger partial charge < -0.3 is 0 Å². The molecular formula is C20H24N2S3Sn2. The van der Waals surface area contributed by atoms with Gasteiger partial charge in [-0.05, 0) is 24.3 Å². The second kappa shape index (κ2) is 16.8. The Labute approximate surface area is 211 Å². The van der Waals surface area contributed by atoms with Crippen LogP contribution in [0.15, 0.2) is 36.4 Å². The van der Waals surface area contributed by atoms with E-state index >= 15 is 0 Å². The van der Waals surface area contributed by atoms with Gasteiger partial charge in [-0.3, -0.25) is 0 Å². The molecule has 2 nitrogen and oxygen atoms in total. The van der Waals surface area contributed by atoms with E-state index in [4.69, 9.17) is 0 Å². The van der Waals surface area contributed by atoms with Crippen molar-refractivity contribution in [3.05, 3.63) is 91.4 Å². The van der Waals surface area contributed by atoms with Gasteiger partial charge in [-0.25, -0.2) is 0 Å². The summed E-state index contributed by atoms with van der Waals surface area (Å²) in [6, 6.07) is 4.25. The molecule has 4 rings (SSSR count). The van der Waals surface area contributed by atoms with E-state index in [1.54, 1.807) is 22.3 Å². The van der Waals surface area contributed by atoms with Crippen LogP contribution in [0.2, 0.25) is 0 Å². The Morgan fingerprint density at radius 1 is 0.630 bits per heavy atom. The molecule has 0 fully saturated rings. The molecule has 0 unspecified atom stereocenters. The van der Waals surface area contributed by atoms with Gasteiger partial charge in [0.2, 0.25) is 0 Å². The van der Waals surface area contributed by atoms with Crippen LogP contribution < -0.4 is 10.4 Å². The van der Waals surface area contributed by atoms with Crippen molar-refractivity contribution in [3.63, 3.8) is 0 Å². The normalized spacial score (nSPS) is 15.0. The number of benzene rings is 1. The molecule has 2 aliphatic heterocycles. The van der Waals surface area contributed by atoms with Crippen molar-refractivity contribution < 1.29 is 0 Å². The first-order valence-electron chi connectivity index (χ1n) is 5.61. The quantitative estimate of drug-likeness (QED) is 0.407.